The zero-order valence-corrected chi connectivity index (χ0v) is 11.3. The van der Waals surface area contributed by atoms with Crippen molar-refractivity contribution in [1.29, 1.82) is 5.26 Å². The molecule has 0 aromatic heterocycles. The van der Waals surface area contributed by atoms with Crippen molar-refractivity contribution >= 4 is 38.8 Å². The molecule has 1 aliphatic carbocycles. The number of ketones is 1. The van der Waals surface area contributed by atoms with Gasteiger partial charge in [-0.3, -0.25) is 4.79 Å². The molecule has 1 aromatic carbocycles. The number of Topliss-reactive ketones (excluding diaryl/α,β-unsaturated/α-hetero) is 1. The summed E-state index contributed by atoms with van der Waals surface area (Å²) in [5.41, 5.74) is 0. The molecule has 1 saturated carbocycles. The highest BCUT2D eigenvalue weighted by molar-refractivity contribution is 7.93. The SMILES string of the molecule is N#CC1(S(=O)(=O)c2cc(Cl)ccc2Cl)CC(=O)C1. The molecular formula is C11H7Cl2NO3S. The van der Waals surface area contributed by atoms with Crippen LogP contribution >= 0.6 is 23.2 Å². The third-order valence-electron chi connectivity index (χ3n) is 2.87. The smallest absolute Gasteiger partial charge is 0.199 e. The van der Waals surface area contributed by atoms with Gasteiger partial charge >= 0.3 is 0 Å². The lowest BCUT2D eigenvalue weighted by atomic mass is 9.84. The van der Waals surface area contributed by atoms with Crippen LogP contribution in [-0.2, 0) is 14.6 Å². The van der Waals surface area contributed by atoms with Crippen molar-refractivity contribution in [2.24, 2.45) is 0 Å². The minimum Gasteiger partial charge on any atom is -0.300 e. The van der Waals surface area contributed by atoms with Crippen LogP contribution in [0.1, 0.15) is 12.8 Å². The molecule has 0 unspecified atom stereocenters. The van der Waals surface area contributed by atoms with Gasteiger partial charge in [-0.25, -0.2) is 8.42 Å². The molecule has 0 heterocycles. The first kappa shape index (κ1) is 13.3. The molecule has 0 atom stereocenters. The van der Waals surface area contributed by atoms with Crippen molar-refractivity contribution in [3.63, 3.8) is 0 Å². The number of carbonyl (C=O) groups is 1. The minimum absolute atomic E-state index is 0.00614. The zero-order chi connectivity index (χ0) is 13.6. The lowest BCUT2D eigenvalue weighted by Crippen LogP contribution is -2.49. The van der Waals surface area contributed by atoms with Gasteiger partial charge in [-0.05, 0) is 18.2 Å². The summed E-state index contributed by atoms with van der Waals surface area (Å²) in [6.45, 7) is 0. The summed E-state index contributed by atoms with van der Waals surface area (Å²) in [4.78, 5) is 10.8. The Labute approximate surface area is 114 Å². The van der Waals surface area contributed by atoms with Gasteiger partial charge in [0.25, 0.3) is 0 Å². The van der Waals surface area contributed by atoms with Gasteiger partial charge in [-0.2, -0.15) is 5.26 Å². The van der Waals surface area contributed by atoms with Crippen molar-refractivity contribution in [2.45, 2.75) is 22.5 Å². The number of nitrogens with zero attached hydrogens (tertiary/aromatic N) is 1. The normalized spacial score (nSPS) is 17.9. The maximum atomic E-state index is 12.4. The van der Waals surface area contributed by atoms with E-state index < -0.39 is 14.6 Å². The first-order valence-electron chi connectivity index (χ1n) is 4.95. The molecule has 0 saturated heterocycles. The van der Waals surface area contributed by atoms with E-state index in [2.05, 4.69) is 0 Å². The van der Waals surface area contributed by atoms with Gasteiger partial charge < -0.3 is 0 Å². The van der Waals surface area contributed by atoms with E-state index in [9.17, 15) is 13.2 Å². The van der Waals surface area contributed by atoms with E-state index in [1.807, 2.05) is 0 Å². The fourth-order valence-corrected chi connectivity index (χ4v) is 4.32. The second-order valence-electron chi connectivity index (χ2n) is 4.08. The Morgan fingerprint density at radius 2 is 1.89 bits per heavy atom. The van der Waals surface area contributed by atoms with E-state index in [0.29, 0.717) is 0 Å². The van der Waals surface area contributed by atoms with Crippen LogP contribution < -0.4 is 0 Å². The van der Waals surface area contributed by atoms with Gasteiger partial charge in [0.2, 0.25) is 0 Å². The summed E-state index contributed by atoms with van der Waals surface area (Å²) in [7, 11) is -4.00. The average molecular weight is 304 g/mol. The van der Waals surface area contributed by atoms with Crippen molar-refractivity contribution in [3.05, 3.63) is 28.2 Å². The largest absolute Gasteiger partial charge is 0.300 e. The van der Waals surface area contributed by atoms with Crippen LogP contribution in [0.25, 0.3) is 0 Å². The van der Waals surface area contributed by atoms with Crippen LogP contribution in [0.4, 0.5) is 0 Å². The lowest BCUT2D eigenvalue weighted by Gasteiger charge is -2.33. The Morgan fingerprint density at radius 1 is 1.28 bits per heavy atom. The summed E-state index contributed by atoms with van der Waals surface area (Å²) in [5.74, 6) is -0.252. The molecule has 1 fully saturated rings. The van der Waals surface area contributed by atoms with Crippen molar-refractivity contribution < 1.29 is 13.2 Å². The van der Waals surface area contributed by atoms with Crippen LogP contribution in [0, 0.1) is 11.3 Å². The van der Waals surface area contributed by atoms with Crippen molar-refractivity contribution in [1.82, 2.24) is 0 Å². The molecule has 0 aliphatic heterocycles. The van der Waals surface area contributed by atoms with Crippen LogP contribution in [0.5, 0.6) is 0 Å². The van der Waals surface area contributed by atoms with Crippen LogP contribution in [0.2, 0.25) is 10.0 Å². The summed E-state index contributed by atoms with van der Waals surface area (Å²) >= 11 is 11.6. The van der Waals surface area contributed by atoms with Gasteiger partial charge in [0, 0.05) is 17.9 Å². The monoisotopic (exact) mass is 303 g/mol. The van der Waals surface area contributed by atoms with Crippen LogP contribution in [-0.4, -0.2) is 18.9 Å². The minimum atomic E-state index is -4.00. The summed E-state index contributed by atoms with van der Waals surface area (Å²) in [5, 5.41) is 9.25. The Morgan fingerprint density at radius 3 is 2.39 bits per heavy atom. The number of hydrogen-bond acceptors (Lipinski definition) is 4. The molecule has 0 amide bonds. The topological polar surface area (TPSA) is 75.0 Å². The van der Waals surface area contributed by atoms with Crippen LogP contribution in [0.15, 0.2) is 23.1 Å². The fourth-order valence-electron chi connectivity index (χ4n) is 1.81. The predicted octanol–water partition coefficient (Wildman–Crippen LogP) is 2.39. The quantitative estimate of drug-likeness (QED) is 0.840. The number of rotatable bonds is 2. The number of carbonyl (C=O) groups excluding carboxylic acids is 1. The number of hydrogen-bond donors (Lipinski definition) is 0. The van der Waals surface area contributed by atoms with E-state index >= 15 is 0 Å². The lowest BCUT2D eigenvalue weighted by molar-refractivity contribution is -0.124. The van der Waals surface area contributed by atoms with E-state index in [1.165, 1.54) is 18.2 Å². The van der Waals surface area contributed by atoms with E-state index in [-0.39, 0.29) is 33.6 Å². The standard InChI is InChI=1S/C11H7Cl2NO3S/c12-7-1-2-9(13)10(3-7)18(16,17)11(6-14)4-8(15)5-11/h1-3H,4-5H2. The van der Waals surface area contributed by atoms with Gasteiger partial charge in [0.15, 0.2) is 14.6 Å². The molecular weight excluding hydrogens is 297 g/mol. The Kier molecular flexibility index (Phi) is 3.14. The van der Waals surface area contributed by atoms with Gasteiger partial charge in [-0.1, -0.05) is 23.2 Å². The Bertz CT molecular complexity index is 668. The number of halogens is 2. The number of sulfone groups is 1. The zero-order valence-electron chi connectivity index (χ0n) is 8.98. The molecule has 18 heavy (non-hydrogen) atoms. The van der Waals surface area contributed by atoms with Gasteiger partial charge in [-0.15, -0.1) is 0 Å². The van der Waals surface area contributed by atoms with Crippen molar-refractivity contribution in [2.75, 3.05) is 0 Å². The maximum absolute atomic E-state index is 12.4. The highest BCUT2D eigenvalue weighted by Crippen LogP contribution is 2.42. The number of nitriles is 1. The third kappa shape index (κ3) is 1.81. The molecule has 7 heteroatoms. The molecule has 0 bridgehead atoms. The first-order valence-corrected chi connectivity index (χ1v) is 7.19. The Balaban J connectivity index is 2.59. The number of benzene rings is 1. The Hall–Kier alpha value is -1.09. The molecule has 2 rings (SSSR count). The maximum Gasteiger partial charge on any atom is 0.199 e. The molecule has 4 nitrogen and oxygen atoms in total. The molecule has 1 aliphatic rings. The third-order valence-corrected chi connectivity index (χ3v) is 5.87. The fraction of sp³-hybridized carbons (Fsp3) is 0.273. The highest BCUT2D eigenvalue weighted by Gasteiger charge is 2.55. The average Bonchev–Trinajstić information content (AvgIpc) is 2.27. The molecule has 0 N–H and O–H groups in total. The van der Waals surface area contributed by atoms with Gasteiger partial charge in [0.1, 0.15) is 5.78 Å². The first-order chi connectivity index (χ1) is 8.32. The molecule has 0 radical (unpaired) electrons. The van der Waals surface area contributed by atoms with Crippen molar-refractivity contribution in [3.8, 4) is 6.07 Å². The molecule has 0 spiro atoms. The van der Waals surface area contributed by atoms with E-state index in [4.69, 9.17) is 28.5 Å². The summed E-state index contributed by atoms with van der Waals surface area (Å²) in [6, 6.07) is 5.72. The molecule has 1 aromatic rings. The summed E-state index contributed by atoms with van der Waals surface area (Å²) < 4.78 is 23.0. The second kappa shape index (κ2) is 4.23. The summed E-state index contributed by atoms with van der Waals surface area (Å²) in [6.07, 6.45) is -0.594. The predicted molar refractivity (Wildman–Crippen MR) is 66.2 cm³/mol. The van der Waals surface area contributed by atoms with E-state index in [0.717, 1.165) is 0 Å². The molecule has 94 valence electrons. The van der Waals surface area contributed by atoms with Gasteiger partial charge in [0.05, 0.1) is 16.0 Å². The van der Waals surface area contributed by atoms with Crippen LogP contribution in [0.3, 0.4) is 0 Å². The van der Waals surface area contributed by atoms with E-state index in [1.54, 1.807) is 6.07 Å². The second-order valence-corrected chi connectivity index (χ2v) is 7.15. The highest BCUT2D eigenvalue weighted by atomic mass is 35.5.